The standard InChI is InChI=1S/C28H33ClN4O6/c1-5-39-27(35)23-21(17-32-13-15-33(16-14-32)26(34)18-9-11-19(29)12-10-18)31(2)28(36)30-24(23)20-7-6-8-22(37-3)25(20)38-4/h6-12,24H,5,13-17H2,1-4H3,(H,30,36)/t24-/m1/s1. The van der Waals surface area contributed by atoms with Crippen LogP contribution < -0.4 is 14.8 Å². The minimum Gasteiger partial charge on any atom is -0.493 e. The highest BCUT2D eigenvalue weighted by Gasteiger charge is 2.39. The second-order valence-electron chi connectivity index (χ2n) is 9.18. The summed E-state index contributed by atoms with van der Waals surface area (Å²) in [5.41, 5.74) is 2.02. The molecule has 10 nitrogen and oxygen atoms in total. The lowest BCUT2D eigenvalue weighted by atomic mass is 9.93. The smallest absolute Gasteiger partial charge is 0.338 e. The number of nitrogens with one attached hydrogen (secondary N) is 1. The number of ether oxygens (including phenoxy) is 3. The minimum absolute atomic E-state index is 0.0582. The Morgan fingerprint density at radius 2 is 1.72 bits per heavy atom. The predicted octanol–water partition coefficient (Wildman–Crippen LogP) is 3.33. The molecule has 1 atom stereocenters. The summed E-state index contributed by atoms with van der Waals surface area (Å²) in [6.07, 6.45) is 0. The Morgan fingerprint density at radius 1 is 1.03 bits per heavy atom. The number of methoxy groups -OCH3 is 2. The third-order valence-electron chi connectivity index (χ3n) is 6.94. The molecule has 1 N–H and O–H groups in total. The minimum atomic E-state index is -0.805. The average Bonchev–Trinajstić information content (AvgIpc) is 2.95. The van der Waals surface area contributed by atoms with Crippen molar-refractivity contribution in [2.45, 2.75) is 13.0 Å². The Hall–Kier alpha value is -3.76. The van der Waals surface area contributed by atoms with Crippen LogP contribution in [0.2, 0.25) is 5.02 Å². The number of rotatable bonds is 8. The molecule has 2 aromatic carbocycles. The maximum atomic E-state index is 13.4. The van der Waals surface area contributed by atoms with Crippen molar-refractivity contribution in [3.05, 3.63) is 69.9 Å². The fraction of sp³-hybridized carbons (Fsp3) is 0.393. The van der Waals surface area contributed by atoms with E-state index in [-0.39, 0.29) is 18.5 Å². The maximum absolute atomic E-state index is 13.4. The van der Waals surface area contributed by atoms with Crippen LogP contribution in [-0.4, -0.2) is 93.2 Å². The van der Waals surface area contributed by atoms with Crippen molar-refractivity contribution < 1.29 is 28.6 Å². The number of carbonyl (C=O) groups excluding carboxylic acids is 3. The zero-order chi connectivity index (χ0) is 28.1. The molecule has 2 aliphatic heterocycles. The van der Waals surface area contributed by atoms with Gasteiger partial charge in [-0.05, 0) is 37.3 Å². The van der Waals surface area contributed by atoms with Crippen LogP contribution in [-0.2, 0) is 9.53 Å². The van der Waals surface area contributed by atoms with Crippen LogP contribution in [0.1, 0.15) is 28.9 Å². The number of halogens is 1. The maximum Gasteiger partial charge on any atom is 0.338 e. The highest BCUT2D eigenvalue weighted by molar-refractivity contribution is 6.30. The number of esters is 1. The Kier molecular flexibility index (Phi) is 8.98. The molecule has 3 amide bonds. The summed E-state index contributed by atoms with van der Waals surface area (Å²) in [5, 5.41) is 3.50. The zero-order valence-corrected chi connectivity index (χ0v) is 23.3. The van der Waals surface area contributed by atoms with Gasteiger partial charge in [0.25, 0.3) is 5.91 Å². The number of urea groups is 1. The van der Waals surface area contributed by atoms with Crippen LogP contribution in [0.25, 0.3) is 0 Å². The fourth-order valence-corrected chi connectivity index (χ4v) is 4.99. The van der Waals surface area contributed by atoms with E-state index in [0.717, 1.165) is 0 Å². The molecule has 208 valence electrons. The molecule has 2 aliphatic rings. The first-order valence-corrected chi connectivity index (χ1v) is 13.1. The average molecular weight is 557 g/mol. The summed E-state index contributed by atoms with van der Waals surface area (Å²) >= 11 is 5.96. The lowest BCUT2D eigenvalue weighted by molar-refractivity contribution is -0.139. The number of amides is 3. The second-order valence-corrected chi connectivity index (χ2v) is 9.62. The lowest BCUT2D eigenvalue weighted by Gasteiger charge is -2.39. The van der Waals surface area contributed by atoms with Gasteiger partial charge in [-0.1, -0.05) is 23.7 Å². The van der Waals surface area contributed by atoms with Gasteiger partial charge in [0, 0.05) is 61.6 Å². The molecule has 2 heterocycles. The van der Waals surface area contributed by atoms with Crippen molar-refractivity contribution in [2.75, 3.05) is 60.6 Å². The Labute approximate surface area is 233 Å². The summed E-state index contributed by atoms with van der Waals surface area (Å²) in [5.74, 6) is 0.322. The van der Waals surface area contributed by atoms with Crippen molar-refractivity contribution in [3.63, 3.8) is 0 Å². The molecule has 0 aliphatic carbocycles. The van der Waals surface area contributed by atoms with Crippen LogP contribution in [0.15, 0.2) is 53.7 Å². The first kappa shape index (κ1) is 28.3. The van der Waals surface area contributed by atoms with E-state index in [9.17, 15) is 14.4 Å². The first-order valence-electron chi connectivity index (χ1n) is 12.7. The monoisotopic (exact) mass is 556 g/mol. The van der Waals surface area contributed by atoms with Gasteiger partial charge in [0.05, 0.1) is 32.4 Å². The first-order chi connectivity index (χ1) is 18.8. The van der Waals surface area contributed by atoms with Gasteiger partial charge in [-0.2, -0.15) is 0 Å². The number of piperazine rings is 1. The van der Waals surface area contributed by atoms with E-state index in [2.05, 4.69) is 10.2 Å². The van der Waals surface area contributed by atoms with Gasteiger partial charge in [-0.25, -0.2) is 9.59 Å². The van der Waals surface area contributed by atoms with Crippen molar-refractivity contribution in [1.29, 1.82) is 0 Å². The largest absolute Gasteiger partial charge is 0.493 e. The molecule has 4 rings (SSSR count). The van der Waals surface area contributed by atoms with Crippen LogP contribution >= 0.6 is 11.6 Å². The van der Waals surface area contributed by atoms with E-state index in [1.807, 2.05) is 0 Å². The highest BCUT2D eigenvalue weighted by atomic mass is 35.5. The number of benzene rings is 2. The predicted molar refractivity (Wildman–Crippen MR) is 146 cm³/mol. The Bertz CT molecular complexity index is 1260. The molecule has 0 saturated carbocycles. The van der Waals surface area contributed by atoms with E-state index in [0.29, 0.717) is 71.6 Å². The van der Waals surface area contributed by atoms with Crippen LogP contribution in [0, 0.1) is 0 Å². The SMILES string of the molecule is CCOC(=O)C1=C(CN2CCN(C(=O)c3ccc(Cl)cc3)CC2)N(C)C(=O)N[C@@H]1c1cccc(OC)c1OC. The van der Waals surface area contributed by atoms with Gasteiger partial charge in [0.15, 0.2) is 11.5 Å². The van der Waals surface area contributed by atoms with Crippen molar-refractivity contribution in [3.8, 4) is 11.5 Å². The van der Waals surface area contributed by atoms with Crippen molar-refractivity contribution in [2.24, 2.45) is 0 Å². The molecular weight excluding hydrogens is 524 g/mol. The molecule has 0 bridgehead atoms. The Morgan fingerprint density at radius 3 is 2.33 bits per heavy atom. The van der Waals surface area contributed by atoms with Crippen LogP contribution in [0.5, 0.6) is 11.5 Å². The van der Waals surface area contributed by atoms with Gasteiger partial charge in [-0.15, -0.1) is 0 Å². The molecule has 0 aromatic heterocycles. The number of hydrogen-bond acceptors (Lipinski definition) is 7. The Balaban J connectivity index is 1.62. The van der Waals surface area contributed by atoms with Crippen LogP contribution in [0.3, 0.4) is 0 Å². The lowest BCUT2D eigenvalue weighted by Crippen LogP contribution is -2.53. The van der Waals surface area contributed by atoms with E-state index >= 15 is 0 Å². The molecule has 0 spiro atoms. The number of nitrogens with zero attached hydrogens (tertiary/aromatic N) is 3. The fourth-order valence-electron chi connectivity index (χ4n) is 4.87. The highest BCUT2D eigenvalue weighted by Crippen LogP contribution is 2.40. The molecule has 0 unspecified atom stereocenters. The van der Waals surface area contributed by atoms with Crippen molar-refractivity contribution >= 4 is 29.5 Å². The topological polar surface area (TPSA) is 101 Å². The molecule has 0 radical (unpaired) electrons. The number of carbonyl (C=O) groups is 3. The number of hydrogen-bond donors (Lipinski definition) is 1. The van der Waals surface area contributed by atoms with Gasteiger partial charge in [0.2, 0.25) is 0 Å². The molecule has 39 heavy (non-hydrogen) atoms. The van der Waals surface area contributed by atoms with Gasteiger partial charge in [-0.3, -0.25) is 14.6 Å². The molecule has 2 aromatic rings. The summed E-state index contributed by atoms with van der Waals surface area (Å²) in [4.78, 5) is 44.8. The van der Waals surface area contributed by atoms with Crippen molar-refractivity contribution in [1.82, 2.24) is 20.0 Å². The normalized spacial score (nSPS) is 18.1. The quantitative estimate of drug-likeness (QED) is 0.498. The van der Waals surface area contributed by atoms with Gasteiger partial charge < -0.3 is 24.4 Å². The summed E-state index contributed by atoms with van der Waals surface area (Å²) in [6, 6.07) is 11.0. The van der Waals surface area contributed by atoms with Gasteiger partial charge >= 0.3 is 12.0 Å². The van der Waals surface area contributed by atoms with Gasteiger partial charge in [0.1, 0.15) is 0 Å². The third-order valence-corrected chi connectivity index (χ3v) is 7.19. The second kappa shape index (κ2) is 12.4. The van der Waals surface area contributed by atoms with E-state index in [4.69, 9.17) is 25.8 Å². The van der Waals surface area contributed by atoms with E-state index in [1.54, 1.807) is 61.3 Å². The number of likely N-dealkylation sites (N-methyl/N-ethyl adjacent to an activating group) is 1. The summed E-state index contributed by atoms with van der Waals surface area (Å²) in [6.45, 7) is 4.40. The molecule has 11 heteroatoms. The van der Waals surface area contributed by atoms with Crippen LogP contribution in [0.4, 0.5) is 4.79 Å². The van der Waals surface area contributed by atoms with E-state index < -0.39 is 12.0 Å². The summed E-state index contributed by atoms with van der Waals surface area (Å²) < 4.78 is 16.5. The molecular formula is C28H33ClN4O6. The number of para-hydroxylation sites is 1. The molecule has 1 saturated heterocycles. The van der Waals surface area contributed by atoms with E-state index in [1.165, 1.54) is 19.1 Å². The third kappa shape index (κ3) is 5.97. The zero-order valence-electron chi connectivity index (χ0n) is 22.5. The molecule has 1 fully saturated rings. The summed E-state index contributed by atoms with van der Waals surface area (Å²) in [7, 11) is 4.67.